The molecular weight excluding hydrogens is 394 g/mol. The molecule has 1 aliphatic rings. The molecule has 4 rings (SSSR count). The summed E-state index contributed by atoms with van der Waals surface area (Å²) in [6.45, 7) is 2.07. The molecule has 1 N–H and O–H groups in total. The van der Waals surface area contributed by atoms with Crippen LogP contribution in [0.1, 0.15) is 35.4 Å². The third-order valence-electron chi connectivity index (χ3n) is 5.43. The number of aliphatic hydroxyl groups excluding tert-OH is 1. The van der Waals surface area contributed by atoms with Gasteiger partial charge in [-0.15, -0.1) is 11.3 Å². The van der Waals surface area contributed by atoms with Crippen molar-refractivity contribution in [2.45, 2.75) is 32.2 Å². The van der Waals surface area contributed by atoms with Crippen LogP contribution in [-0.2, 0) is 22.4 Å². The van der Waals surface area contributed by atoms with E-state index < -0.39 is 17.7 Å². The molecule has 0 fully saturated rings. The smallest absolute Gasteiger partial charge is 0.294 e. The van der Waals surface area contributed by atoms with E-state index in [1.807, 2.05) is 72.1 Å². The number of carbonyl (C=O) groups excluding carboxylic acids is 2. The number of hydrogen-bond donors (Lipinski definition) is 1. The van der Waals surface area contributed by atoms with Crippen molar-refractivity contribution >= 4 is 28.7 Å². The van der Waals surface area contributed by atoms with E-state index in [2.05, 4.69) is 6.92 Å². The van der Waals surface area contributed by atoms with Gasteiger partial charge in [0.25, 0.3) is 5.91 Å². The highest BCUT2D eigenvalue weighted by atomic mass is 32.1. The van der Waals surface area contributed by atoms with E-state index in [0.29, 0.717) is 12.1 Å². The Labute approximate surface area is 180 Å². The Bertz CT molecular complexity index is 1070. The van der Waals surface area contributed by atoms with Gasteiger partial charge in [-0.25, -0.2) is 0 Å². The monoisotopic (exact) mass is 417 g/mol. The maximum Gasteiger partial charge on any atom is 0.294 e. The summed E-state index contributed by atoms with van der Waals surface area (Å²) in [5, 5.41) is 12.6. The standard InChI is InChI=1S/C25H23NO3S/c1-2-17-10-13-19(14-11-17)26-23(21-9-6-16-30-21)22(24(28)25(26)29)20(27)15-12-18-7-4-3-5-8-18/h3-11,13-14,16,23,28H,2,12,15H2,1H3. The molecule has 2 heterocycles. The van der Waals surface area contributed by atoms with Gasteiger partial charge in [0.2, 0.25) is 0 Å². The molecule has 0 saturated carbocycles. The SMILES string of the molecule is CCc1ccc(N2C(=O)C(O)=C(C(=O)CCc3ccccc3)C2c2cccs2)cc1. The fraction of sp³-hybridized carbons (Fsp3) is 0.200. The molecule has 30 heavy (non-hydrogen) atoms. The van der Waals surface area contributed by atoms with Crippen molar-refractivity contribution in [1.82, 2.24) is 0 Å². The first kappa shape index (κ1) is 20.1. The van der Waals surface area contributed by atoms with Gasteiger partial charge in [-0.05, 0) is 47.5 Å². The van der Waals surface area contributed by atoms with E-state index in [0.717, 1.165) is 22.4 Å². The van der Waals surface area contributed by atoms with E-state index in [1.54, 1.807) is 0 Å². The molecule has 152 valence electrons. The van der Waals surface area contributed by atoms with Crippen LogP contribution >= 0.6 is 11.3 Å². The Kier molecular flexibility index (Phi) is 5.81. The lowest BCUT2D eigenvalue weighted by molar-refractivity contribution is -0.118. The van der Waals surface area contributed by atoms with E-state index in [4.69, 9.17) is 0 Å². The zero-order valence-electron chi connectivity index (χ0n) is 16.7. The third kappa shape index (κ3) is 3.81. The zero-order valence-corrected chi connectivity index (χ0v) is 17.6. The zero-order chi connectivity index (χ0) is 21.1. The number of aryl methyl sites for hydroxylation is 2. The van der Waals surface area contributed by atoms with Gasteiger partial charge in [-0.2, -0.15) is 0 Å². The van der Waals surface area contributed by atoms with E-state index >= 15 is 0 Å². The second-order valence-electron chi connectivity index (χ2n) is 7.28. The van der Waals surface area contributed by atoms with Crippen molar-refractivity contribution in [2.75, 3.05) is 4.90 Å². The summed E-state index contributed by atoms with van der Waals surface area (Å²) in [6.07, 6.45) is 1.70. The average Bonchev–Trinajstić information content (AvgIpc) is 3.40. The highest BCUT2D eigenvalue weighted by Crippen LogP contribution is 2.42. The van der Waals surface area contributed by atoms with Crippen LogP contribution in [0.5, 0.6) is 0 Å². The molecule has 0 spiro atoms. The number of hydrogen-bond acceptors (Lipinski definition) is 4. The van der Waals surface area contributed by atoms with Crippen molar-refractivity contribution in [1.29, 1.82) is 0 Å². The van der Waals surface area contributed by atoms with Crippen LogP contribution in [0, 0.1) is 0 Å². The van der Waals surface area contributed by atoms with Crippen LogP contribution < -0.4 is 4.90 Å². The van der Waals surface area contributed by atoms with Crippen LogP contribution in [0.25, 0.3) is 0 Å². The summed E-state index contributed by atoms with van der Waals surface area (Å²) in [5.74, 6) is -1.16. The second-order valence-corrected chi connectivity index (χ2v) is 8.26. The van der Waals surface area contributed by atoms with Gasteiger partial charge in [0.1, 0.15) is 6.04 Å². The fourth-order valence-corrected chi connectivity index (χ4v) is 4.63. The van der Waals surface area contributed by atoms with Gasteiger partial charge in [0.05, 0.1) is 5.57 Å². The van der Waals surface area contributed by atoms with Gasteiger partial charge >= 0.3 is 0 Å². The normalized spacial score (nSPS) is 16.4. The molecule has 5 heteroatoms. The van der Waals surface area contributed by atoms with E-state index in [-0.39, 0.29) is 17.8 Å². The Morgan fingerprint density at radius 2 is 1.73 bits per heavy atom. The summed E-state index contributed by atoms with van der Waals surface area (Å²) >= 11 is 1.47. The van der Waals surface area contributed by atoms with Crippen LogP contribution in [-0.4, -0.2) is 16.8 Å². The highest BCUT2D eigenvalue weighted by Gasteiger charge is 2.44. The fourth-order valence-electron chi connectivity index (χ4n) is 3.80. The molecule has 1 unspecified atom stereocenters. The number of anilines is 1. The Morgan fingerprint density at radius 1 is 1.00 bits per heavy atom. The summed E-state index contributed by atoms with van der Waals surface area (Å²) in [7, 11) is 0. The number of benzene rings is 2. The minimum absolute atomic E-state index is 0.193. The second kappa shape index (κ2) is 8.67. The number of aliphatic hydroxyl groups is 1. The number of carbonyl (C=O) groups is 2. The lowest BCUT2D eigenvalue weighted by Crippen LogP contribution is -2.30. The van der Waals surface area contributed by atoms with Gasteiger partial charge in [-0.1, -0.05) is 55.5 Å². The van der Waals surface area contributed by atoms with Crippen molar-refractivity contribution in [3.05, 3.63) is 99.4 Å². The number of rotatable bonds is 7. The Balaban J connectivity index is 1.67. The molecule has 3 aromatic rings. The molecule has 1 amide bonds. The molecule has 1 aliphatic heterocycles. The van der Waals surface area contributed by atoms with Crippen molar-refractivity contribution in [3.8, 4) is 0 Å². The summed E-state index contributed by atoms with van der Waals surface area (Å²) < 4.78 is 0. The maximum absolute atomic E-state index is 13.2. The third-order valence-corrected chi connectivity index (χ3v) is 6.35. The van der Waals surface area contributed by atoms with Crippen molar-refractivity contribution < 1.29 is 14.7 Å². The largest absolute Gasteiger partial charge is 0.503 e. The number of Topliss-reactive ketones (excluding diaryl/α,β-unsaturated/α-hetero) is 1. The predicted octanol–water partition coefficient (Wildman–Crippen LogP) is 5.41. The van der Waals surface area contributed by atoms with E-state index in [9.17, 15) is 14.7 Å². The van der Waals surface area contributed by atoms with Crippen molar-refractivity contribution in [3.63, 3.8) is 0 Å². The van der Waals surface area contributed by atoms with Gasteiger partial charge in [0.15, 0.2) is 11.5 Å². The highest BCUT2D eigenvalue weighted by molar-refractivity contribution is 7.10. The van der Waals surface area contributed by atoms with E-state index in [1.165, 1.54) is 16.2 Å². The van der Waals surface area contributed by atoms with Crippen LogP contribution in [0.4, 0.5) is 5.69 Å². The minimum Gasteiger partial charge on any atom is -0.503 e. The Hall–Kier alpha value is -3.18. The quantitative estimate of drug-likeness (QED) is 0.559. The molecule has 1 aromatic heterocycles. The number of nitrogens with zero attached hydrogens (tertiary/aromatic N) is 1. The number of amides is 1. The molecule has 0 bridgehead atoms. The van der Waals surface area contributed by atoms with Gasteiger partial charge in [0, 0.05) is 17.0 Å². The number of ketones is 1. The average molecular weight is 418 g/mol. The first-order valence-corrected chi connectivity index (χ1v) is 10.9. The topological polar surface area (TPSA) is 57.6 Å². The molecule has 0 aliphatic carbocycles. The molecule has 4 nitrogen and oxygen atoms in total. The minimum atomic E-state index is -0.603. The Morgan fingerprint density at radius 3 is 2.37 bits per heavy atom. The predicted molar refractivity (Wildman–Crippen MR) is 120 cm³/mol. The molecule has 0 saturated heterocycles. The van der Waals surface area contributed by atoms with Crippen LogP contribution in [0.15, 0.2) is 83.4 Å². The summed E-state index contributed by atoms with van der Waals surface area (Å²) in [4.78, 5) is 28.6. The van der Waals surface area contributed by atoms with Crippen molar-refractivity contribution in [2.24, 2.45) is 0 Å². The number of thiophene rings is 1. The van der Waals surface area contributed by atoms with Crippen LogP contribution in [0.2, 0.25) is 0 Å². The maximum atomic E-state index is 13.2. The lowest BCUT2D eigenvalue weighted by Gasteiger charge is -2.26. The lowest BCUT2D eigenvalue weighted by atomic mass is 9.97. The first-order valence-electron chi connectivity index (χ1n) is 10.1. The van der Waals surface area contributed by atoms with Crippen LogP contribution in [0.3, 0.4) is 0 Å². The molecular formula is C25H23NO3S. The summed E-state index contributed by atoms with van der Waals surface area (Å²) in [5.41, 5.74) is 3.08. The summed E-state index contributed by atoms with van der Waals surface area (Å²) in [6, 6.07) is 20.6. The molecule has 2 aromatic carbocycles. The van der Waals surface area contributed by atoms with Gasteiger partial charge in [-0.3, -0.25) is 14.5 Å². The molecule has 1 atom stereocenters. The van der Waals surface area contributed by atoms with Gasteiger partial charge < -0.3 is 5.11 Å². The molecule has 0 radical (unpaired) electrons. The first-order chi connectivity index (χ1) is 14.6.